The van der Waals surface area contributed by atoms with Gasteiger partial charge in [-0.1, -0.05) is 23.7 Å². The van der Waals surface area contributed by atoms with Crippen molar-refractivity contribution in [1.82, 2.24) is 9.78 Å². The van der Waals surface area contributed by atoms with Gasteiger partial charge in [-0.3, -0.25) is 9.48 Å². The molecular weight excluding hydrogens is 420 g/mol. The Morgan fingerprint density at radius 3 is 2.72 bits per heavy atom. The lowest BCUT2D eigenvalue weighted by molar-refractivity contribution is 0.0991. The second-order valence-electron chi connectivity index (χ2n) is 9.23. The standard InChI is InChI=1S/C27H29ClN2O2/c1-18-12-25(15-26(31)22-9-8-20-4-2-3-5-21(20)13-22)29-30(18)16-23-14-24(28)10-11-27(23)32-17-19-6-7-19/h8-14,19H,2-7,15-17H2,1H3. The van der Waals surface area contributed by atoms with Crippen LogP contribution in [0.5, 0.6) is 5.75 Å². The highest BCUT2D eigenvalue weighted by Gasteiger charge is 2.22. The van der Waals surface area contributed by atoms with E-state index >= 15 is 0 Å². The highest BCUT2D eigenvalue weighted by Crippen LogP contribution is 2.31. The molecule has 0 atom stereocenters. The molecule has 0 saturated heterocycles. The van der Waals surface area contributed by atoms with E-state index in [0.29, 0.717) is 23.9 Å². The number of hydrogen-bond acceptors (Lipinski definition) is 3. The van der Waals surface area contributed by atoms with Gasteiger partial charge in [0.2, 0.25) is 0 Å². The van der Waals surface area contributed by atoms with Gasteiger partial charge in [0.25, 0.3) is 0 Å². The molecule has 2 aliphatic rings. The molecule has 1 saturated carbocycles. The van der Waals surface area contributed by atoms with Crippen molar-refractivity contribution in [2.24, 2.45) is 5.92 Å². The fraction of sp³-hybridized carbons (Fsp3) is 0.407. The zero-order chi connectivity index (χ0) is 22.1. The van der Waals surface area contributed by atoms with Crippen molar-refractivity contribution >= 4 is 17.4 Å². The van der Waals surface area contributed by atoms with Crippen molar-refractivity contribution in [2.75, 3.05) is 6.61 Å². The fourth-order valence-corrected chi connectivity index (χ4v) is 4.66. The van der Waals surface area contributed by atoms with Crippen LogP contribution in [0.3, 0.4) is 0 Å². The van der Waals surface area contributed by atoms with Crippen molar-refractivity contribution in [3.63, 3.8) is 0 Å². The number of carbonyl (C=O) groups excluding carboxylic acids is 1. The molecule has 1 heterocycles. The molecule has 2 aliphatic carbocycles. The first-order chi connectivity index (χ1) is 15.5. The predicted octanol–water partition coefficient (Wildman–Crippen LogP) is 5.99. The van der Waals surface area contributed by atoms with E-state index in [1.807, 2.05) is 41.9 Å². The summed E-state index contributed by atoms with van der Waals surface area (Å²) in [5.41, 5.74) is 6.36. The highest BCUT2D eigenvalue weighted by molar-refractivity contribution is 6.30. The third-order valence-electron chi connectivity index (χ3n) is 6.56. The van der Waals surface area contributed by atoms with Gasteiger partial charge in [0.05, 0.1) is 25.3 Å². The smallest absolute Gasteiger partial charge is 0.168 e. The summed E-state index contributed by atoms with van der Waals surface area (Å²) in [6.45, 7) is 3.35. The Bertz CT molecular complexity index is 1150. The largest absolute Gasteiger partial charge is 0.493 e. The summed E-state index contributed by atoms with van der Waals surface area (Å²) in [6.07, 6.45) is 7.48. The molecule has 166 valence electrons. The Morgan fingerprint density at radius 1 is 1.09 bits per heavy atom. The maximum atomic E-state index is 12.9. The SMILES string of the molecule is Cc1cc(CC(=O)c2ccc3c(c2)CCCC3)nn1Cc1cc(Cl)ccc1OCC1CC1. The van der Waals surface area contributed by atoms with E-state index < -0.39 is 0 Å². The van der Waals surface area contributed by atoms with Crippen LogP contribution in [0.15, 0.2) is 42.5 Å². The average Bonchev–Trinajstić information content (AvgIpc) is 3.56. The predicted molar refractivity (Wildman–Crippen MR) is 127 cm³/mol. The molecule has 1 aromatic heterocycles. The lowest BCUT2D eigenvalue weighted by Crippen LogP contribution is -2.10. The Balaban J connectivity index is 1.30. The minimum Gasteiger partial charge on any atom is -0.493 e. The van der Waals surface area contributed by atoms with Crippen molar-refractivity contribution in [2.45, 2.75) is 58.4 Å². The van der Waals surface area contributed by atoms with Gasteiger partial charge < -0.3 is 4.74 Å². The molecule has 0 aliphatic heterocycles. The van der Waals surface area contributed by atoms with Crippen LogP contribution in [0.4, 0.5) is 0 Å². The van der Waals surface area contributed by atoms with Crippen molar-refractivity contribution in [1.29, 1.82) is 0 Å². The van der Waals surface area contributed by atoms with E-state index in [9.17, 15) is 4.79 Å². The Kier molecular flexibility index (Phi) is 6.05. The number of halogens is 1. The maximum absolute atomic E-state index is 12.9. The lowest BCUT2D eigenvalue weighted by Gasteiger charge is -2.16. The molecule has 4 nitrogen and oxygen atoms in total. The molecule has 3 aromatic rings. The summed E-state index contributed by atoms with van der Waals surface area (Å²) in [4.78, 5) is 12.9. The molecule has 0 bridgehead atoms. The lowest BCUT2D eigenvalue weighted by atomic mass is 9.89. The van der Waals surface area contributed by atoms with E-state index in [4.69, 9.17) is 21.4 Å². The quantitative estimate of drug-likeness (QED) is 0.398. The number of Topliss-reactive ketones (excluding diaryl/α,β-unsaturated/α-hetero) is 1. The van der Waals surface area contributed by atoms with Crippen LogP contribution in [0.2, 0.25) is 5.02 Å². The number of ether oxygens (including phenoxy) is 1. The van der Waals surface area contributed by atoms with Gasteiger partial charge in [-0.2, -0.15) is 5.10 Å². The molecule has 0 amide bonds. The monoisotopic (exact) mass is 448 g/mol. The molecule has 32 heavy (non-hydrogen) atoms. The Morgan fingerprint density at radius 2 is 1.91 bits per heavy atom. The number of ketones is 1. The van der Waals surface area contributed by atoms with E-state index in [-0.39, 0.29) is 5.78 Å². The molecule has 0 radical (unpaired) electrons. The molecule has 1 fully saturated rings. The van der Waals surface area contributed by atoms with E-state index in [1.54, 1.807) is 0 Å². The third-order valence-corrected chi connectivity index (χ3v) is 6.79. The van der Waals surface area contributed by atoms with Gasteiger partial charge in [0, 0.05) is 21.8 Å². The average molecular weight is 449 g/mol. The summed E-state index contributed by atoms with van der Waals surface area (Å²) >= 11 is 6.26. The number of benzene rings is 2. The topological polar surface area (TPSA) is 44.1 Å². The Hall–Kier alpha value is -2.59. The first-order valence-corrected chi connectivity index (χ1v) is 12.0. The van der Waals surface area contributed by atoms with Gasteiger partial charge >= 0.3 is 0 Å². The summed E-state index contributed by atoms with van der Waals surface area (Å²) in [5.74, 6) is 1.67. The van der Waals surface area contributed by atoms with Crippen LogP contribution in [-0.4, -0.2) is 22.2 Å². The number of fused-ring (bicyclic) bond motifs is 1. The Labute approximate surface area is 194 Å². The zero-order valence-corrected chi connectivity index (χ0v) is 19.3. The highest BCUT2D eigenvalue weighted by atomic mass is 35.5. The third kappa shape index (κ3) is 4.91. The minimum atomic E-state index is 0.124. The number of carbonyl (C=O) groups is 1. The minimum absolute atomic E-state index is 0.124. The summed E-state index contributed by atoms with van der Waals surface area (Å²) in [7, 11) is 0. The zero-order valence-electron chi connectivity index (χ0n) is 18.6. The molecule has 0 unspecified atom stereocenters. The van der Waals surface area contributed by atoms with Gasteiger partial charge in [-0.15, -0.1) is 0 Å². The number of hydrogen-bond donors (Lipinski definition) is 0. The molecular formula is C27H29ClN2O2. The van der Waals surface area contributed by atoms with Crippen LogP contribution < -0.4 is 4.74 Å². The molecule has 0 spiro atoms. The van der Waals surface area contributed by atoms with Crippen LogP contribution >= 0.6 is 11.6 Å². The fourth-order valence-electron chi connectivity index (χ4n) is 4.46. The van der Waals surface area contributed by atoms with Crippen molar-refractivity contribution in [3.05, 3.63) is 81.1 Å². The first-order valence-electron chi connectivity index (χ1n) is 11.6. The summed E-state index contributed by atoms with van der Waals surface area (Å²) in [6, 6.07) is 14.0. The summed E-state index contributed by atoms with van der Waals surface area (Å²) < 4.78 is 7.98. The second-order valence-corrected chi connectivity index (χ2v) is 9.67. The summed E-state index contributed by atoms with van der Waals surface area (Å²) in [5, 5.41) is 5.42. The second kappa shape index (κ2) is 9.11. The van der Waals surface area contributed by atoms with Crippen LogP contribution in [0.1, 0.15) is 64.1 Å². The normalized spacial score (nSPS) is 15.4. The van der Waals surface area contributed by atoms with Crippen molar-refractivity contribution < 1.29 is 9.53 Å². The van der Waals surface area contributed by atoms with Crippen LogP contribution in [0.25, 0.3) is 0 Å². The molecule has 0 N–H and O–H groups in total. The number of aryl methyl sites for hydroxylation is 3. The maximum Gasteiger partial charge on any atom is 0.168 e. The van der Waals surface area contributed by atoms with Gasteiger partial charge in [0.1, 0.15) is 5.75 Å². The van der Waals surface area contributed by atoms with E-state index in [1.165, 1.54) is 36.8 Å². The first kappa shape index (κ1) is 21.3. The number of rotatable bonds is 8. The molecule has 5 heteroatoms. The van der Waals surface area contributed by atoms with Crippen LogP contribution in [-0.2, 0) is 25.8 Å². The number of aromatic nitrogens is 2. The van der Waals surface area contributed by atoms with Crippen LogP contribution in [0, 0.1) is 12.8 Å². The molecule has 5 rings (SSSR count). The van der Waals surface area contributed by atoms with E-state index in [0.717, 1.165) is 47.7 Å². The van der Waals surface area contributed by atoms with Crippen molar-refractivity contribution in [3.8, 4) is 5.75 Å². The van der Waals surface area contributed by atoms with Gasteiger partial charge in [-0.05, 0) is 92.8 Å². The molecule has 2 aromatic carbocycles. The van der Waals surface area contributed by atoms with Gasteiger partial charge in [0.15, 0.2) is 5.78 Å². The van der Waals surface area contributed by atoms with Gasteiger partial charge in [-0.25, -0.2) is 0 Å². The van der Waals surface area contributed by atoms with E-state index in [2.05, 4.69) is 12.1 Å². The number of nitrogens with zero attached hydrogens (tertiary/aromatic N) is 2.